The van der Waals surface area contributed by atoms with Gasteiger partial charge in [-0.2, -0.15) is 0 Å². The summed E-state index contributed by atoms with van der Waals surface area (Å²) in [6.07, 6.45) is 21.6. The van der Waals surface area contributed by atoms with E-state index in [1.165, 1.54) is 55.0 Å². The highest BCUT2D eigenvalue weighted by molar-refractivity contribution is 6.19. The molecule has 2 atom stereocenters. The number of para-hydroxylation sites is 2. The zero-order chi connectivity index (χ0) is 29.9. The molecule has 2 unspecified atom stereocenters. The molecule has 3 aliphatic carbocycles. The normalized spacial score (nSPS) is 18.6. The molecule has 214 valence electrons. The van der Waals surface area contributed by atoms with Crippen LogP contribution in [-0.4, -0.2) is 9.55 Å². The molecule has 0 N–H and O–H groups in total. The molecule has 0 amide bonds. The first-order valence-electron chi connectivity index (χ1n) is 16.0. The number of allylic oxidation sites excluding steroid dienone is 12. The highest BCUT2D eigenvalue weighted by Gasteiger charge is 2.29. The predicted octanol–water partition coefficient (Wildman–Crippen LogP) is 10.7. The summed E-state index contributed by atoms with van der Waals surface area (Å²) >= 11 is 0. The topological polar surface area (TPSA) is 17.8 Å². The van der Waals surface area contributed by atoms with Gasteiger partial charge in [0.1, 0.15) is 5.82 Å². The first-order valence-corrected chi connectivity index (χ1v) is 16.0. The number of hydrogen-bond acceptors (Lipinski definition) is 1. The van der Waals surface area contributed by atoms with Crippen LogP contribution in [0, 0.1) is 11.8 Å². The van der Waals surface area contributed by atoms with E-state index in [4.69, 9.17) is 4.98 Å². The molecule has 0 radical (unpaired) electrons. The summed E-state index contributed by atoms with van der Waals surface area (Å²) in [5.74, 6) is 1.87. The summed E-state index contributed by atoms with van der Waals surface area (Å²) in [6, 6.07) is 35.3. The van der Waals surface area contributed by atoms with Gasteiger partial charge in [0.15, 0.2) is 0 Å². The molecule has 0 fully saturated rings. The molecule has 0 saturated heterocycles. The number of nitrogens with zero attached hydrogens (tertiary/aromatic N) is 2. The Kier molecular flexibility index (Phi) is 5.96. The summed E-state index contributed by atoms with van der Waals surface area (Å²) in [5.41, 5.74) is 11.2. The minimum Gasteiger partial charge on any atom is -0.296 e. The van der Waals surface area contributed by atoms with E-state index in [1.54, 1.807) is 0 Å². The highest BCUT2D eigenvalue weighted by Crippen LogP contribution is 2.46. The quantitative estimate of drug-likeness (QED) is 0.191. The second-order valence-corrected chi connectivity index (χ2v) is 12.2. The van der Waals surface area contributed by atoms with Crippen LogP contribution in [0.2, 0.25) is 0 Å². The van der Waals surface area contributed by atoms with Crippen molar-refractivity contribution in [1.82, 2.24) is 9.55 Å². The van der Waals surface area contributed by atoms with Gasteiger partial charge in [-0.3, -0.25) is 4.57 Å². The largest absolute Gasteiger partial charge is 0.296 e. The van der Waals surface area contributed by atoms with Crippen LogP contribution in [0.25, 0.3) is 55.0 Å². The van der Waals surface area contributed by atoms with Gasteiger partial charge in [0.2, 0.25) is 0 Å². The molecule has 0 bridgehead atoms. The average molecular weight is 577 g/mol. The van der Waals surface area contributed by atoms with Gasteiger partial charge in [-0.1, -0.05) is 134 Å². The maximum absolute atomic E-state index is 4.91. The lowest BCUT2D eigenvalue weighted by Gasteiger charge is -2.32. The summed E-state index contributed by atoms with van der Waals surface area (Å²) < 4.78 is 2.30. The van der Waals surface area contributed by atoms with Crippen LogP contribution in [0.1, 0.15) is 18.3 Å². The van der Waals surface area contributed by atoms with Crippen molar-refractivity contribution < 1.29 is 0 Å². The lowest BCUT2D eigenvalue weighted by atomic mass is 9.72. The third-order valence-corrected chi connectivity index (χ3v) is 9.73. The van der Waals surface area contributed by atoms with Gasteiger partial charge in [0, 0.05) is 23.9 Å². The van der Waals surface area contributed by atoms with Gasteiger partial charge in [0.05, 0.1) is 11.0 Å². The number of rotatable bonds is 4. The van der Waals surface area contributed by atoms with Gasteiger partial charge >= 0.3 is 0 Å². The second kappa shape index (κ2) is 10.3. The summed E-state index contributed by atoms with van der Waals surface area (Å²) in [4.78, 5) is 4.91. The SMILES string of the molecule is CCc1nc2ccccc2n1-c1ccc(-c2c3ccccc3c(C3=CC4=CC=C5C=CC=CC5C4C=C3)c3ccccc23)cc1. The van der Waals surface area contributed by atoms with E-state index >= 15 is 0 Å². The van der Waals surface area contributed by atoms with Crippen molar-refractivity contribution in [1.29, 1.82) is 0 Å². The van der Waals surface area contributed by atoms with E-state index < -0.39 is 0 Å². The van der Waals surface area contributed by atoms with E-state index in [9.17, 15) is 0 Å². The average Bonchev–Trinajstić information content (AvgIpc) is 3.49. The molecule has 45 heavy (non-hydrogen) atoms. The minimum atomic E-state index is 0.381. The first-order chi connectivity index (χ1) is 22.3. The fourth-order valence-corrected chi connectivity index (χ4v) is 7.67. The zero-order valence-corrected chi connectivity index (χ0v) is 25.2. The van der Waals surface area contributed by atoms with Crippen molar-refractivity contribution in [2.75, 3.05) is 0 Å². The third-order valence-electron chi connectivity index (χ3n) is 9.73. The van der Waals surface area contributed by atoms with Crippen molar-refractivity contribution in [2.24, 2.45) is 11.8 Å². The molecule has 5 aromatic carbocycles. The lowest BCUT2D eigenvalue weighted by molar-refractivity contribution is 0.615. The molecule has 1 heterocycles. The van der Waals surface area contributed by atoms with Gasteiger partial charge in [-0.05, 0) is 79.2 Å². The molecule has 9 rings (SSSR count). The molecule has 2 nitrogen and oxygen atoms in total. The van der Waals surface area contributed by atoms with Crippen LogP contribution < -0.4 is 0 Å². The van der Waals surface area contributed by atoms with Crippen LogP contribution in [0.3, 0.4) is 0 Å². The van der Waals surface area contributed by atoms with E-state index in [0.717, 1.165) is 29.0 Å². The molecule has 0 saturated carbocycles. The molecule has 3 aliphatic rings. The summed E-state index contributed by atoms with van der Waals surface area (Å²) in [7, 11) is 0. The molecule has 6 aromatic rings. The van der Waals surface area contributed by atoms with Crippen molar-refractivity contribution in [2.45, 2.75) is 13.3 Å². The van der Waals surface area contributed by atoms with Crippen LogP contribution in [-0.2, 0) is 6.42 Å². The number of imidazole rings is 1. The van der Waals surface area contributed by atoms with E-state index in [0.29, 0.717) is 11.8 Å². The maximum atomic E-state index is 4.91. The Hall–Kier alpha value is -5.47. The number of hydrogen-bond donors (Lipinski definition) is 0. The highest BCUT2D eigenvalue weighted by atomic mass is 15.1. The summed E-state index contributed by atoms with van der Waals surface area (Å²) in [5, 5.41) is 5.12. The van der Waals surface area contributed by atoms with Gasteiger partial charge < -0.3 is 0 Å². The van der Waals surface area contributed by atoms with Crippen LogP contribution in [0.5, 0.6) is 0 Å². The molecule has 0 spiro atoms. The summed E-state index contributed by atoms with van der Waals surface area (Å²) in [6.45, 7) is 2.17. The fraction of sp³-hybridized carbons (Fsp3) is 0.0930. The van der Waals surface area contributed by atoms with E-state index in [-0.39, 0.29) is 0 Å². The van der Waals surface area contributed by atoms with Gasteiger partial charge in [0.25, 0.3) is 0 Å². The zero-order valence-electron chi connectivity index (χ0n) is 25.2. The maximum Gasteiger partial charge on any atom is 0.114 e. The number of aryl methyl sites for hydroxylation is 1. The Balaban J connectivity index is 1.21. The molecular formula is C43H32N2. The van der Waals surface area contributed by atoms with Crippen LogP contribution in [0.4, 0.5) is 0 Å². The Morgan fingerprint density at radius 2 is 1.27 bits per heavy atom. The molecular weight excluding hydrogens is 544 g/mol. The monoisotopic (exact) mass is 576 g/mol. The Morgan fingerprint density at radius 3 is 2.00 bits per heavy atom. The van der Waals surface area contributed by atoms with Gasteiger partial charge in [-0.15, -0.1) is 0 Å². The van der Waals surface area contributed by atoms with Crippen molar-refractivity contribution in [3.05, 3.63) is 174 Å². The first kappa shape index (κ1) is 26.0. The Morgan fingerprint density at radius 1 is 0.622 bits per heavy atom. The molecule has 0 aliphatic heterocycles. The van der Waals surface area contributed by atoms with Crippen LogP contribution >= 0.6 is 0 Å². The molecule has 1 aromatic heterocycles. The third kappa shape index (κ3) is 4.06. The fourth-order valence-electron chi connectivity index (χ4n) is 7.67. The van der Waals surface area contributed by atoms with E-state index in [1.807, 2.05) is 0 Å². The smallest absolute Gasteiger partial charge is 0.114 e. The molecule has 2 heteroatoms. The number of benzene rings is 5. The van der Waals surface area contributed by atoms with Crippen molar-refractivity contribution in [3.63, 3.8) is 0 Å². The number of aromatic nitrogens is 2. The van der Waals surface area contributed by atoms with Crippen LogP contribution in [0.15, 0.2) is 163 Å². The Labute approximate surface area is 263 Å². The standard InChI is InChI=1S/C43H32N2/c1-2-41-44-39-17-9-10-18-40(39)45(41)32-24-21-29(22-25-32)42-35-13-5-7-15-37(35)43(38-16-8-6-14-36(38)42)31-23-26-34-30(27-31)20-19-28-11-3-4-12-33(28)34/h3-27,33-34H,2H2,1H3. The van der Waals surface area contributed by atoms with Gasteiger partial charge in [-0.25, -0.2) is 4.98 Å². The second-order valence-electron chi connectivity index (χ2n) is 12.2. The predicted molar refractivity (Wildman–Crippen MR) is 189 cm³/mol. The van der Waals surface area contributed by atoms with Crippen molar-refractivity contribution in [3.8, 4) is 16.8 Å². The van der Waals surface area contributed by atoms with E-state index in [2.05, 4.69) is 163 Å². The van der Waals surface area contributed by atoms with Crippen molar-refractivity contribution >= 4 is 38.2 Å². The lowest BCUT2D eigenvalue weighted by Crippen LogP contribution is -2.20. The Bertz CT molecular complexity index is 2290. The minimum absolute atomic E-state index is 0.381. The number of fused-ring (bicyclic) bond motifs is 6.